The molecular formula is C60H120N4O4. The lowest BCUT2D eigenvalue weighted by molar-refractivity contribution is -0.137. The molecule has 0 aromatic heterocycles. The zero-order chi connectivity index (χ0) is 49.4. The van der Waals surface area contributed by atoms with Gasteiger partial charge in [0.25, 0.3) is 0 Å². The van der Waals surface area contributed by atoms with Gasteiger partial charge in [-0.05, 0) is 90.4 Å². The fourth-order valence-electron chi connectivity index (χ4n) is 10.5. The van der Waals surface area contributed by atoms with Gasteiger partial charge < -0.3 is 30.6 Å². The fourth-order valence-corrected chi connectivity index (χ4v) is 10.5. The van der Waals surface area contributed by atoms with Gasteiger partial charge in [-0.25, -0.2) is 0 Å². The summed E-state index contributed by atoms with van der Waals surface area (Å²) in [6.07, 6.45) is 53.4. The van der Waals surface area contributed by atoms with Gasteiger partial charge in [-0.1, -0.05) is 246 Å². The first kappa shape index (κ1) is 64.8. The maximum Gasteiger partial charge on any atom is 0.243 e. The third-order valence-corrected chi connectivity index (χ3v) is 15.1. The lowest BCUT2D eigenvalue weighted by Gasteiger charge is -2.30. The summed E-state index contributed by atoms with van der Waals surface area (Å²) in [6.45, 7) is 14.5. The Labute approximate surface area is 424 Å². The Morgan fingerprint density at radius 1 is 0.338 bits per heavy atom. The smallest absolute Gasteiger partial charge is 0.243 e. The molecule has 4 N–H and O–H groups in total. The first-order valence-corrected chi connectivity index (χ1v) is 30.8. The van der Waals surface area contributed by atoms with Crippen molar-refractivity contribution in [1.29, 1.82) is 0 Å². The molecule has 0 bridgehead atoms. The van der Waals surface area contributed by atoms with Gasteiger partial charge in [0.05, 0.1) is 12.2 Å². The summed E-state index contributed by atoms with van der Waals surface area (Å²) in [4.78, 5) is 31.5. The minimum absolute atomic E-state index is 0.0377. The van der Waals surface area contributed by atoms with Crippen LogP contribution in [-0.2, 0) is 9.59 Å². The maximum atomic E-state index is 13.3. The molecule has 1 aliphatic rings. The lowest BCUT2D eigenvalue weighted by atomic mass is 10.0. The van der Waals surface area contributed by atoms with Crippen molar-refractivity contribution >= 4 is 11.8 Å². The Balaban J connectivity index is 2.51. The molecule has 0 spiro atoms. The van der Waals surface area contributed by atoms with E-state index >= 15 is 0 Å². The van der Waals surface area contributed by atoms with Crippen molar-refractivity contribution in [3.63, 3.8) is 0 Å². The molecule has 2 amide bonds. The van der Waals surface area contributed by atoms with Crippen LogP contribution in [0.2, 0.25) is 0 Å². The number of piperazine rings is 1. The number of nitrogens with one attached hydrogen (secondary N) is 2. The van der Waals surface area contributed by atoms with Crippen LogP contribution in [0.5, 0.6) is 0 Å². The van der Waals surface area contributed by atoms with E-state index in [9.17, 15) is 19.8 Å². The molecule has 0 unspecified atom stereocenters. The van der Waals surface area contributed by atoms with E-state index < -0.39 is 12.1 Å². The molecule has 1 heterocycles. The van der Waals surface area contributed by atoms with Gasteiger partial charge >= 0.3 is 0 Å². The van der Waals surface area contributed by atoms with Gasteiger partial charge in [0.2, 0.25) is 11.8 Å². The first-order valence-electron chi connectivity index (χ1n) is 30.8. The quantitative estimate of drug-likeness (QED) is 0.0453. The van der Waals surface area contributed by atoms with Gasteiger partial charge in [-0.3, -0.25) is 9.59 Å². The average molecular weight is 962 g/mol. The number of rotatable bonds is 54. The fraction of sp³-hybridized carbons (Fsp3) is 0.967. The maximum absolute atomic E-state index is 13.3. The highest BCUT2D eigenvalue weighted by Crippen LogP contribution is 2.18. The van der Waals surface area contributed by atoms with E-state index in [1.165, 1.54) is 218 Å². The molecule has 8 heteroatoms. The molecule has 1 fully saturated rings. The van der Waals surface area contributed by atoms with E-state index in [0.29, 0.717) is 12.8 Å². The predicted octanol–water partition coefficient (Wildman–Crippen LogP) is 15.5. The van der Waals surface area contributed by atoms with Gasteiger partial charge in [0.15, 0.2) is 0 Å². The summed E-state index contributed by atoms with van der Waals surface area (Å²) in [6, 6.07) is -0.915. The number of hydrogen-bond acceptors (Lipinski definition) is 6. The van der Waals surface area contributed by atoms with Crippen molar-refractivity contribution in [3.8, 4) is 0 Å². The SMILES string of the molecule is CCCCCCCCCCCCN(CCCC[C@H]1NC(=O)[C@@H](CCCCN(CCCCCCCCCCCC)C[C@@H](O)CCCCCCCCCC)NC1=O)C[C@@H](O)CCCCCCCCCC. The second kappa shape index (κ2) is 49.4. The highest BCUT2D eigenvalue weighted by Gasteiger charge is 2.32. The molecule has 404 valence electrons. The van der Waals surface area contributed by atoms with E-state index in [4.69, 9.17) is 0 Å². The monoisotopic (exact) mass is 961 g/mol. The summed E-state index contributed by atoms with van der Waals surface area (Å²) < 4.78 is 0. The van der Waals surface area contributed by atoms with Gasteiger partial charge in [-0.15, -0.1) is 0 Å². The van der Waals surface area contributed by atoms with Crippen LogP contribution in [0.4, 0.5) is 0 Å². The van der Waals surface area contributed by atoms with E-state index in [1.807, 2.05) is 0 Å². The highest BCUT2D eigenvalue weighted by molar-refractivity contribution is 5.96. The molecule has 1 rings (SSSR count). The summed E-state index contributed by atoms with van der Waals surface area (Å²) in [5.74, 6) is -0.0754. The second-order valence-electron chi connectivity index (χ2n) is 21.9. The topological polar surface area (TPSA) is 105 Å². The molecule has 8 nitrogen and oxygen atoms in total. The molecule has 1 aliphatic heterocycles. The molecule has 1 saturated heterocycles. The number of unbranched alkanes of at least 4 members (excludes halogenated alkanes) is 34. The third-order valence-electron chi connectivity index (χ3n) is 15.1. The third kappa shape index (κ3) is 40.4. The normalized spacial score (nSPS) is 16.2. The van der Waals surface area contributed by atoms with Crippen molar-refractivity contribution in [2.24, 2.45) is 0 Å². The van der Waals surface area contributed by atoms with Gasteiger partial charge in [-0.2, -0.15) is 0 Å². The zero-order valence-electron chi connectivity index (χ0n) is 46.3. The van der Waals surface area contributed by atoms with E-state index in [-0.39, 0.29) is 24.0 Å². The Hall–Kier alpha value is -1.22. The molecule has 0 aromatic carbocycles. The van der Waals surface area contributed by atoms with Crippen LogP contribution in [0.15, 0.2) is 0 Å². The van der Waals surface area contributed by atoms with Crippen molar-refractivity contribution in [3.05, 3.63) is 0 Å². The van der Waals surface area contributed by atoms with Crippen LogP contribution in [-0.4, -0.2) is 95.4 Å². The number of hydrogen-bond donors (Lipinski definition) is 4. The van der Waals surface area contributed by atoms with Gasteiger partial charge in [0.1, 0.15) is 12.1 Å². The van der Waals surface area contributed by atoms with Crippen molar-refractivity contribution in [1.82, 2.24) is 20.4 Å². The number of amides is 2. The molecule has 0 saturated carbocycles. The minimum Gasteiger partial charge on any atom is -0.392 e. The molecule has 0 aliphatic carbocycles. The summed E-state index contributed by atoms with van der Waals surface area (Å²) in [7, 11) is 0. The second-order valence-corrected chi connectivity index (χ2v) is 21.9. The average Bonchev–Trinajstić information content (AvgIpc) is 3.33. The Bertz CT molecular complexity index is 996. The minimum atomic E-state index is -0.458. The van der Waals surface area contributed by atoms with Crippen molar-refractivity contribution in [2.75, 3.05) is 39.3 Å². The number of nitrogens with zero attached hydrogens (tertiary/aromatic N) is 2. The van der Waals surface area contributed by atoms with E-state index in [1.54, 1.807) is 0 Å². The van der Waals surface area contributed by atoms with Crippen LogP contribution >= 0.6 is 0 Å². The van der Waals surface area contributed by atoms with Crippen molar-refractivity contribution in [2.45, 2.75) is 335 Å². The zero-order valence-corrected chi connectivity index (χ0v) is 46.3. The van der Waals surface area contributed by atoms with Crippen LogP contribution in [0.3, 0.4) is 0 Å². The highest BCUT2D eigenvalue weighted by atomic mass is 16.3. The molecule has 4 atom stereocenters. The molecule has 0 aromatic rings. The largest absolute Gasteiger partial charge is 0.392 e. The van der Waals surface area contributed by atoms with Crippen LogP contribution in [0, 0.1) is 0 Å². The standard InChI is InChI=1S/C60H120N4O4/c1-5-9-13-17-21-25-27-31-35-41-49-63(53-55(65)45-37-33-29-23-19-15-11-7-3)51-43-39-47-57-59(67)62-58(60(68)61-57)48-40-44-52-64(50-42-36-32-28-26-22-18-14-10-6-2)54-56(66)46-38-34-30-24-20-16-12-8-4/h55-58,65-66H,5-54H2,1-4H3,(H,61,68)(H,62,67)/t55-,56-,57+,58+/m0/s1. The van der Waals surface area contributed by atoms with Gasteiger partial charge in [0, 0.05) is 13.1 Å². The van der Waals surface area contributed by atoms with Crippen molar-refractivity contribution < 1.29 is 19.8 Å². The summed E-state index contributed by atoms with van der Waals surface area (Å²) in [5.41, 5.74) is 0. The molecule has 0 radical (unpaired) electrons. The van der Waals surface area contributed by atoms with E-state index in [0.717, 1.165) is 90.6 Å². The summed E-state index contributed by atoms with van der Waals surface area (Å²) in [5, 5.41) is 28.3. The van der Waals surface area contributed by atoms with E-state index in [2.05, 4.69) is 48.1 Å². The summed E-state index contributed by atoms with van der Waals surface area (Å²) >= 11 is 0. The van der Waals surface area contributed by atoms with Crippen LogP contribution in [0.1, 0.15) is 310 Å². The van der Waals surface area contributed by atoms with Crippen LogP contribution < -0.4 is 10.6 Å². The van der Waals surface area contributed by atoms with Crippen LogP contribution in [0.25, 0.3) is 0 Å². The first-order chi connectivity index (χ1) is 33.3. The predicted molar refractivity (Wildman–Crippen MR) is 295 cm³/mol. The number of carbonyl (C=O) groups is 2. The number of carbonyl (C=O) groups excluding carboxylic acids is 2. The lowest BCUT2D eigenvalue weighted by Crippen LogP contribution is -2.61. The number of aliphatic hydroxyl groups excluding tert-OH is 2. The molecular weight excluding hydrogens is 841 g/mol. The Morgan fingerprint density at radius 2 is 0.559 bits per heavy atom. The number of aliphatic hydroxyl groups is 2. The Morgan fingerprint density at radius 3 is 0.824 bits per heavy atom. The Kier molecular flexibility index (Phi) is 47.0. The molecule has 68 heavy (non-hydrogen) atoms.